The minimum Gasteiger partial charge on any atom is -0.304 e. The van der Waals surface area contributed by atoms with Crippen LogP contribution in [0.1, 0.15) is 32.6 Å². The predicted octanol–water partition coefficient (Wildman–Crippen LogP) is 2.46. The van der Waals surface area contributed by atoms with Crippen molar-refractivity contribution in [3.63, 3.8) is 0 Å². The van der Waals surface area contributed by atoms with Gasteiger partial charge < -0.3 is 4.90 Å². The average molecular weight is 173 g/mol. The van der Waals surface area contributed by atoms with Crippen LogP contribution in [0.4, 0.5) is 4.39 Å². The highest BCUT2D eigenvalue weighted by molar-refractivity contribution is 4.84. The molecule has 1 rings (SSSR count). The van der Waals surface area contributed by atoms with Crippen molar-refractivity contribution in [1.82, 2.24) is 4.90 Å². The van der Waals surface area contributed by atoms with Crippen molar-refractivity contribution in [3.05, 3.63) is 0 Å². The summed E-state index contributed by atoms with van der Waals surface area (Å²) in [6.07, 6.45) is 3.56. The zero-order valence-electron chi connectivity index (χ0n) is 8.39. The monoisotopic (exact) mass is 173 g/mol. The quantitative estimate of drug-likeness (QED) is 0.620. The van der Waals surface area contributed by atoms with E-state index in [1.807, 2.05) is 19.0 Å². The van der Waals surface area contributed by atoms with Crippen LogP contribution >= 0.6 is 0 Å². The van der Waals surface area contributed by atoms with E-state index in [0.29, 0.717) is 5.92 Å². The number of alkyl halides is 1. The SMILES string of the molecule is CCC1CC[C@@H](N(C)C)C(F)C1. The largest absolute Gasteiger partial charge is 0.304 e. The molecule has 0 aromatic rings. The maximum Gasteiger partial charge on any atom is 0.116 e. The molecule has 1 aliphatic rings. The smallest absolute Gasteiger partial charge is 0.116 e. The topological polar surface area (TPSA) is 3.24 Å². The van der Waals surface area contributed by atoms with Gasteiger partial charge in [-0.05, 0) is 39.3 Å². The van der Waals surface area contributed by atoms with Gasteiger partial charge in [-0.1, -0.05) is 13.3 Å². The van der Waals surface area contributed by atoms with Gasteiger partial charge in [0.2, 0.25) is 0 Å². The summed E-state index contributed by atoms with van der Waals surface area (Å²) < 4.78 is 13.5. The molecule has 2 unspecified atom stereocenters. The molecule has 0 saturated heterocycles. The molecule has 1 nitrogen and oxygen atoms in total. The summed E-state index contributed by atoms with van der Waals surface area (Å²) in [6, 6.07) is 0.174. The molecule has 0 aliphatic heterocycles. The molecule has 0 aromatic carbocycles. The molecule has 0 spiro atoms. The van der Waals surface area contributed by atoms with E-state index in [2.05, 4.69) is 6.92 Å². The predicted molar refractivity (Wildman–Crippen MR) is 50.0 cm³/mol. The van der Waals surface area contributed by atoms with Crippen LogP contribution in [-0.2, 0) is 0 Å². The molecule has 0 heterocycles. The first-order valence-corrected chi connectivity index (χ1v) is 4.95. The van der Waals surface area contributed by atoms with Gasteiger partial charge in [-0.25, -0.2) is 4.39 Å². The zero-order valence-corrected chi connectivity index (χ0v) is 8.39. The van der Waals surface area contributed by atoms with Gasteiger partial charge in [0.25, 0.3) is 0 Å². The second-order valence-corrected chi connectivity index (χ2v) is 4.13. The third-order valence-electron chi connectivity index (χ3n) is 3.09. The molecule has 12 heavy (non-hydrogen) atoms. The Morgan fingerprint density at radius 3 is 2.42 bits per heavy atom. The lowest BCUT2D eigenvalue weighted by Crippen LogP contribution is -2.41. The number of halogens is 1. The number of rotatable bonds is 2. The van der Waals surface area contributed by atoms with E-state index in [1.54, 1.807) is 0 Å². The van der Waals surface area contributed by atoms with E-state index >= 15 is 0 Å². The molecule has 0 aromatic heterocycles. The van der Waals surface area contributed by atoms with Crippen LogP contribution in [0.5, 0.6) is 0 Å². The fraction of sp³-hybridized carbons (Fsp3) is 1.00. The number of hydrogen-bond donors (Lipinski definition) is 0. The highest BCUT2D eigenvalue weighted by Crippen LogP contribution is 2.30. The summed E-state index contributed by atoms with van der Waals surface area (Å²) >= 11 is 0. The van der Waals surface area contributed by atoms with Crippen LogP contribution in [-0.4, -0.2) is 31.2 Å². The Bertz CT molecular complexity index is 136. The van der Waals surface area contributed by atoms with Crippen LogP contribution < -0.4 is 0 Å². The van der Waals surface area contributed by atoms with Crippen molar-refractivity contribution >= 4 is 0 Å². The maximum absolute atomic E-state index is 13.5. The van der Waals surface area contributed by atoms with Gasteiger partial charge in [-0.2, -0.15) is 0 Å². The van der Waals surface area contributed by atoms with Crippen LogP contribution in [0.2, 0.25) is 0 Å². The van der Waals surface area contributed by atoms with E-state index in [-0.39, 0.29) is 6.04 Å². The molecule has 0 radical (unpaired) electrons. The summed E-state index contributed by atoms with van der Waals surface area (Å²) in [5.41, 5.74) is 0. The Balaban J connectivity index is 2.42. The highest BCUT2D eigenvalue weighted by Gasteiger charge is 2.30. The molecular formula is C10H20FN. The lowest BCUT2D eigenvalue weighted by Gasteiger charge is -2.35. The average Bonchev–Trinajstić information content (AvgIpc) is 2.03. The molecule has 1 aliphatic carbocycles. The van der Waals surface area contributed by atoms with Gasteiger partial charge in [-0.3, -0.25) is 0 Å². The summed E-state index contributed by atoms with van der Waals surface area (Å²) in [7, 11) is 3.95. The first-order chi connectivity index (χ1) is 5.65. The Kier molecular flexibility index (Phi) is 3.51. The molecule has 72 valence electrons. The normalized spacial score (nSPS) is 37.2. The van der Waals surface area contributed by atoms with E-state index in [0.717, 1.165) is 19.3 Å². The summed E-state index contributed by atoms with van der Waals surface area (Å²) in [4.78, 5) is 2.02. The Labute approximate surface area is 74.9 Å². The van der Waals surface area contributed by atoms with Gasteiger partial charge in [0.15, 0.2) is 0 Å². The summed E-state index contributed by atoms with van der Waals surface area (Å²) in [5.74, 6) is 0.635. The minimum absolute atomic E-state index is 0.174. The summed E-state index contributed by atoms with van der Waals surface area (Å²) in [6.45, 7) is 2.16. The zero-order chi connectivity index (χ0) is 9.14. The van der Waals surface area contributed by atoms with Crippen molar-refractivity contribution in [2.75, 3.05) is 14.1 Å². The Morgan fingerprint density at radius 1 is 1.33 bits per heavy atom. The first kappa shape index (κ1) is 9.97. The molecular weight excluding hydrogens is 153 g/mol. The lowest BCUT2D eigenvalue weighted by molar-refractivity contribution is 0.0856. The highest BCUT2D eigenvalue weighted by atomic mass is 19.1. The second kappa shape index (κ2) is 4.22. The lowest BCUT2D eigenvalue weighted by atomic mass is 9.83. The maximum atomic E-state index is 13.5. The van der Waals surface area contributed by atoms with Crippen molar-refractivity contribution in [3.8, 4) is 0 Å². The second-order valence-electron chi connectivity index (χ2n) is 4.13. The van der Waals surface area contributed by atoms with Gasteiger partial charge >= 0.3 is 0 Å². The third-order valence-corrected chi connectivity index (χ3v) is 3.09. The summed E-state index contributed by atoms with van der Waals surface area (Å²) in [5, 5.41) is 0. The molecule has 2 heteroatoms. The number of hydrogen-bond acceptors (Lipinski definition) is 1. The number of nitrogens with zero attached hydrogens (tertiary/aromatic N) is 1. The molecule has 0 bridgehead atoms. The van der Waals surface area contributed by atoms with Crippen molar-refractivity contribution < 1.29 is 4.39 Å². The molecule has 1 fully saturated rings. The Hall–Kier alpha value is -0.110. The Morgan fingerprint density at radius 2 is 2.00 bits per heavy atom. The van der Waals surface area contributed by atoms with E-state index < -0.39 is 6.17 Å². The third kappa shape index (κ3) is 2.19. The van der Waals surface area contributed by atoms with Crippen LogP contribution in [0.3, 0.4) is 0 Å². The van der Waals surface area contributed by atoms with E-state index in [1.165, 1.54) is 6.42 Å². The van der Waals surface area contributed by atoms with Crippen molar-refractivity contribution in [1.29, 1.82) is 0 Å². The standard InChI is InChI=1S/C10H20FN/c1-4-8-5-6-10(12(2)3)9(11)7-8/h8-10H,4-7H2,1-3H3/t8?,9?,10-/m1/s1. The van der Waals surface area contributed by atoms with E-state index in [9.17, 15) is 4.39 Å². The van der Waals surface area contributed by atoms with Crippen LogP contribution in [0.15, 0.2) is 0 Å². The van der Waals surface area contributed by atoms with Crippen LogP contribution in [0, 0.1) is 5.92 Å². The van der Waals surface area contributed by atoms with Gasteiger partial charge in [0.1, 0.15) is 6.17 Å². The first-order valence-electron chi connectivity index (χ1n) is 4.95. The minimum atomic E-state index is -0.598. The fourth-order valence-corrected chi connectivity index (χ4v) is 2.13. The van der Waals surface area contributed by atoms with Crippen molar-refractivity contribution in [2.24, 2.45) is 5.92 Å². The van der Waals surface area contributed by atoms with E-state index in [4.69, 9.17) is 0 Å². The molecule has 0 N–H and O–H groups in total. The molecule has 3 atom stereocenters. The van der Waals surface area contributed by atoms with Gasteiger partial charge in [0, 0.05) is 6.04 Å². The van der Waals surface area contributed by atoms with Crippen molar-refractivity contribution in [2.45, 2.75) is 44.8 Å². The molecule has 0 amide bonds. The van der Waals surface area contributed by atoms with Crippen LogP contribution in [0.25, 0.3) is 0 Å². The fourth-order valence-electron chi connectivity index (χ4n) is 2.13. The van der Waals surface area contributed by atoms with Gasteiger partial charge in [0.05, 0.1) is 0 Å². The molecule has 1 saturated carbocycles. The van der Waals surface area contributed by atoms with Gasteiger partial charge in [-0.15, -0.1) is 0 Å².